The second-order valence-corrected chi connectivity index (χ2v) is 7.35. The summed E-state index contributed by atoms with van der Waals surface area (Å²) in [7, 11) is 1.68. The Morgan fingerprint density at radius 3 is 2.21 bits per heavy atom. The Hall–Kier alpha value is -2.89. The van der Waals surface area contributed by atoms with Crippen molar-refractivity contribution in [3.8, 4) is 5.75 Å². The van der Waals surface area contributed by atoms with Crippen LogP contribution >= 0.6 is 0 Å². The minimum absolute atomic E-state index is 0.0285. The van der Waals surface area contributed by atoms with Gasteiger partial charge in [0.15, 0.2) is 0 Å². The predicted molar refractivity (Wildman–Crippen MR) is 114 cm³/mol. The topological polar surface area (TPSA) is 48.1 Å². The average Bonchev–Trinajstić information content (AvgIpc) is 3.29. The van der Waals surface area contributed by atoms with Crippen molar-refractivity contribution >= 4 is 23.1 Å². The van der Waals surface area contributed by atoms with Crippen molar-refractivity contribution in [3.05, 3.63) is 48.5 Å². The smallest absolute Gasteiger partial charge is 0.321 e. The molecule has 0 aliphatic carbocycles. The van der Waals surface area contributed by atoms with Crippen LogP contribution in [0.5, 0.6) is 5.75 Å². The largest absolute Gasteiger partial charge is 0.497 e. The number of carbonyl (C=O) groups is 1. The first-order chi connectivity index (χ1) is 13.7. The molecule has 2 aliphatic rings. The molecule has 28 heavy (non-hydrogen) atoms. The van der Waals surface area contributed by atoms with E-state index in [0.29, 0.717) is 13.1 Å². The Bertz CT molecular complexity index is 794. The Balaban J connectivity index is 1.30. The van der Waals surface area contributed by atoms with Gasteiger partial charge in [0.2, 0.25) is 0 Å². The van der Waals surface area contributed by atoms with Gasteiger partial charge in [-0.25, -0.2) is 4.79 Å². The number of amides is 2. The number of hydrogen-bond donors (Lipinski definition) is 1. The van der Waals surface area contributed by atoms with Crippen molar-refractivity contribution < 1.29 is 9.53 Å². The molecule has 2 fully saturated rings. The van der Waals surface area contributed by atoms with E-state index in [4.69, 9.17) is 4.74 Å². The van der Waals surface area contributed by atoms with Crippen molar-refractivity contribution in [3.63, 3.8) is 0 Å². The Morgan fingerprint density at radius 2 is 1.54 bits per heavy atom. The highest BCUT2D eigenvalue weighted by atomic mass is 16.5. The van der Waals surface area contributed by atoms with Crippen molar-refractivity contribution in [1.82, 2.24) is 4.90 Å². The molecule has 0 bridgehead atoms. The van der Waals surface area contributed by atoms with Crippen LogP contribution in [-0.2, 0) is 0 Å². The fraction of sp³-hybridized carbons (Fsp3) is 0.409. The first kappa shape index (κ1) is 18.5. The maximum absolute atomic E-state index is 12.6. The second kappa shape index (κ2) is 8.42. The zero-order chi connectivity index (χ0) is 19.3. The van der Waals surface area contributed by atoms with E-state index in [9.17, 15) is 4.79 Å². The molecule has 2 aromatic carbocycles. The van der Waals surface area contributed by atoms with Crippen LogP contribution in [0.15, 0.2) is 48.5 Å². The Morgan fingerprint density at radius 1 is 0.857 bits per heavy atom. The average molecular weight is 380 g/mol. The number of piperazine rings is 1. The van der Waals surface area contributed by atoms with Crippen LogP contribution in [0, 0.1) is 0 Å². The first-order valence-electron chi connectivity index (χ1n) is 10.0. The molecule has 2 heterocycles. The van der Waals surface area contributed by atoms with Crippen LogP contribution in [-0.4, -0.2) is 57.3 Å². The molecule has 2 saturated heterocycles. The molecule has 2 aliphatic heterocycles. The molecule has 0 unspecified atom stereocenters. The Kier molecular flexibility index (Phi) is 5.55. The van der Waals surface area contributed by atoms with Crippen LogP contribution in [0.3, 0.4) is 0 Å². The second-order valence-electron chi connectivity index (χ2n) is 7.35. The van der Waals surface area contributed by atoms with Gasteiger partial charge < -0.3 is 24.8 Å². The minimum atomic E-state index is -0.0285. The normalized spacial score (nSPS) is 17.0. The van der Waals surface area contributed by atoms with E-state index in [1.807, 2.05) is 35.2 Å². The number of benzene rings is 2. The zero-order valence-electron chi connectivity index (χ0n) is 16.4. The number of ether oxygens (including phenoxy) is 1. The van der Waals surface area contributed by atoms with Gasteiger partial charge in [-0.2, -0.15) is 0 Å². The van der Waals surface area contributed by atoms with Gasteiger partial charge in [0.1, 0.15) is 5.75 Å². The van der Waals surface area contributed by atoms with E-state index in [1.165, 1.54) is 18.5 Å². The molecule has 6 heteroatoms. The van der Waals surface area contributed by atoms with Gasteiger partial charge in [-0.3, -0.25) is 0 Å². The summed E-state index contributed by atoms with van der Waals surface area (Å²) in [5.41, 5.74) is 3.22. The number of nitrogens with one attached hydrogen (secondary N) is 1. The monoisotopic (exact) mass is 380 g/mol. The maximum atomic E-state index is 12.6. The number of rotatable bonds is 4. The summed E-state index contributed by atoms with van der Waals surface area (Å²) in [6.07, 6.45) is 2.53. The number of nitrogens with zero attached hydrogens (tertiary/aromatic N) is 3. The highest BCUT2D eigenvalue weighted by Crippen LogP contribution is 2.24. The van der Waals surface area contributed by atoms with Crippen LogP contribution in [0.4, 0.5) is 21.9 Å². The Labute approximate surface area is 166 Å². The zero-order valence-corrected chi connectivity index (χ0v) is 16.4. The van der Waals surface area contributed by atoms with E-state index in [0.717, 1.165) is 43.3 Å². The summed E-state index contributed by atoms with van der Waals surface area (Å²) in [5, 5.41) is 3.03. The minimum Gasteiger partial charge on any atom is -0.497 e. The molecule has 2 aromatic rings. The summed E-state index contributed by atoms with van der Waals surface area (Å²) < 4.78 is 5.31. The molecule has 0 spiro atoms. The highest BCUT2D eigenvalue weighted by molar-refractivity contribution is 5.89. The summed E-state index contributed by atoms with van der Waals surface area (Å²) >= 11 is 0. The number of hydrogen-bond acceptors (Lipinski definition) is 4. The molecule has 1 N–H and O–H groups in total. The standard InChI is InChI=1S/C22H28N4O2/c1-28-21-6-4-5-20(17-21)25-13-15-26(16-14-25)22(27)23-18-7-9-19(10-8-18)24-11-2-3-12-24/h4-10,17H,2-3,11-16H2,1H3,(H,23,27). The quantitative estimate of drug-likeness (QED) is 0.880. The van der Waals surface area contributed by atoms with Crippen molar-refractivity contribution in [1.29, 1.82) is 0 Å². The number of carbonyl (C=O) groups excluding carboxylic acids is 1. The molecule has 6 nitrogen and oxygen atoms in total. The molecule has 0 saturated carbocycles. The van der Waals surface area contributed by atoms with Crippen molar-refractivity contribution in [2.45, 2.75) is 12.8 Å². The number of anilines is 3. The highest BCUT2D eigenvalue weighted by Gasteiger charge is 2.21. The summed E-state index contributed by atoms with van der Waals surface area (Å²) in [6.45, 7) is 5.29. The maximum Gasteiger partial charge on any atom is 0.321 e. The van der Waals surface area contributed by atoms with Gasteiger partial charge in [0.25, 0.3) is 0 Å². The summed E-state index contributed by atoms with van der Waals surface area (Å²) in [6, 6.07) is 16.2. The van der Waals surface area contributed by atoms with Gasteiger partial charge in [0, 0.05) is 62.4 Å². The van der Waals surface area contributed by atoms with Gasteiger partial charge in [-0.15, -0.1) is 0 Å². The van der Waals surface area contributed by atoms with Crippen molar-refractivity contribution in [2.24, 2.45) is 0 Å². The lowest BCUT2D eigenvalue weighted by Gasteiger charge is -2.36. The number of urea groups is 1. The molecular weight excluding hydrogens is 352 g/mol. The lowest BCUT2D eigenvalue weighted by atomic mass is 10.2. The third-order valence-electron chi connectivity index (χ3n) is 5.58. The fourth-order valence-electron chi connectivity index (χ4n) is 3.91. The van der Waals surface area contributed by atoms with Crippen LogP contribution < -0.4 is 19.9 Å². The van der Waals surface area contributed by atoms with Crippen molar-refractivity contribution in [2.75, 3.05) is 61.5 Å². The molecule has 0 radical (unpaired) electrons. The summed E-state index contributed by atoms with van der Waals surface area (Å²) in [4.78, 5) is 19.2. The lowest BCUT2D eigenvalue weighted by Crippen LogP contribution is -2.50. The van der Waals surface area contributed by atoms with E-state index >= 15 is 0 Å². The van der Waals surface area contributed by atoms with Crippen LogP contribution in [0.2, 0.25) is 0 Å². The van der Waals surface area contributed by atoms with Gasteiger partial charge >= 0.3 is 6.03 Å². The van der Waals surface area contributed by atoms with Crippen LogP contribution in [0.1, 0.15) is 12.8 Å². The lowest BCUT2D eigenvalue weighted by molar-refractivity contribution is 0.208. The third kappa shape index (κ3) is 4.16. The third-order valence-corrected chi connectivity index (χ3v) is 5.58. The van der Waals surface area contributed by atoms with E-state index < -0.39 is 0 Å². The van der Waals surface area contributed by atoms with E-state index in [2.05, 4.69) is 33.3 Å². The van der Waals surface area contributed by atoms with Gasteiger partial charge in [-0.05, 0) is 49.2 Å². The number of methoxy groups -OCH3 is 1. The van der Waals surface area contributed by atoms with E-state index in [1.54, 1.807) is 7.11 Å². The fourth-order valence-corrected chi connectivity index (χ4v) is 3.91. The molecule has 4 rings (SSSR count). The molecule has 148 valence electrons. The SMILES string of the molecule is COc1cccc(N2CCN(C(=O)Nc3ccc(N4CCCC4)cc3)CC2)c1. The van der Waals surface area contributed by atoms with Crippen LogP contribution in [0.25, 0.3) is 0 Å². The van der Waals surface area contributed by atoms with E-state index in [-0.39, 0.29) is 6.03 Å². The summed E-state index contributed by atoms with van der Waals surface area (Å²) in [5.74, 6) is 0.857. The first-order valence-corrected chi connectivity index (χ1v) is 10.0. The molecule has 2 amide bonds. The molecule has 0 atom stereocenters. The molecule has 0 aromatic heterocycles. The van der Waals surface area contributed by atoms with Gasteiger partial charge in [-0.1, -0.05) is 6.07 Å². The molecular formula is C22H28N4O2. The predicted octanol–water partition coefficient (Wildman–Crippen LogP) is 3.65. The van der Waals surface area contributed by atoms with Gasteiger partial charge in [0.05, 0.1) is 7.11 Å².